The van der Waals surface area contributed by atoms with Gasteiger partial charge in [-0.15, -0.1) is 11.3 Å². The maximum Gasteiger partial charge on any atom is 0.341 e. The number of benzene rings is 1. The lowest BCUT2D eigenvalue weighted by Gasteiger charge is -2.06. The Bertz CT molecular complexity index is 991. The lowest BCUT2D eigenvalue weighted by molar-refractivity contribution is -0.113. The average Bonchev–Trinajstić information content (AvgIpc) is 3.09. The molecular weight excluding hydrogens is 370 g/mol. The van der Waals surface area contributed by atoms with Crippen LogP contribution >= 0.6 is 23.1 Å². The summed E-state index contributed by atoms with van der Waals surface area (Å²) in [5.41, 5.74) is 3.18. The summed E-state index contributed by atoms with van der Waals surface area (Å²) < 4.78 is 6.79. The van der Waals surface area contributed by atoms with Gasteiger partial charge in [-0.05, 0) is 31.5 Å². The van der Waals surface area contributed by atoms with Gasteiger partial charge < -0.3 is 14.6 Å². The molecule has 1 N–H and O–H groups in total. The second-order valence-corrected chi connectivity index (χ2v) is 7.93. The van der Waals surface area contributed by atoms with Crippen molar-refractivity contribution in [2.24, 2.45) is 7.05 Å². The van der Waals surface area contributed by atoms with Gasteiger partial charge in [0, 0.05) is 11.9 Å². The smallest absolute Gasteiger partial charge is 0.341 e. The Hall–Kier alpha value is -2.32. The summed E-state index contributed by atoms with van der Waals surface area (Å²) in [7, 11) is 3.26. The van der Waals surface area contributed by atoms with Crippen molar-refractivity contribution >= 4 is 51.0 Å². The van der Waals surface area contributed by atoms with Crippen LogP contribution in [0.5, 0.6) is 0 Å². The number of thiophene rings is 1. The summed E-state index contributed by atoms with van der Waals surface area (Å²) in [6, 6.07) is 7.83. The molecule has 0 aliphatic carbocycles. The van der Waals surface area contributed by atoms with Crippen molar-refractivity contribution in [2.45, 2.75) is 19.0 Å². The zero-order valence-corrected chi connectivity index (χ0v) is 16.6. The largest absolute Gasteiger partial charge is 0.465 e. The predicted molar refractivity (Wildman–Crippen MR) is 105 cm³/mol. The number of para-hydroxylation sites is 2. The summed E-state index contributed by atoms with van der Waals surface area (Å²) in [5, 5.41) is 4.13. The van der Waals surface area contributed by atoms with Crippen molar-refractivity contribution in [2.75, 3.05) is 18.2 Å². The van der Waals surface area contributed by atoms with E-state index in [0.29, 0.717) is 10.6 Å². The first-order valence-electron chi connectivity index (χ1n) is 7.94. The topological polar surface area (TPSA) is 73.2 Å². The van der Waals surface area contributed by atoms with Crippen molar-refractivity contribution in [3.63, 3.8) is 0 Å². The SMILES string of the molecule is COC(=O)c1c(NC(=O)CSc2nc3ccccc3n2C)sc(C)c1C. The van der Waals surface area contributed by atoms with E-state index in [0.717, 1.165) is 26.6 Å². The van der Waals surface area contributed by atoms with Gasteiger partial charge in [0.25, 0.3) is 0 Å². The molecule has 26 heavy (non-hydrogen) atoms. The third-order valence-corrected chi connectivity index (χ3v) is 6.26. The predicted octanol–water partition coefficient (Wildman–Crippen LogP) is 3.77. The molecule has 1 amide bonds. The van der Waals surface area contributed by atoms with E-state index < -0.39 is 5.97 Å². The second-order valence-electron chi connectivity index (χ2n) is 5.76. The Labute approximate surface area is 159 Å². The molecule has 0 atom stereocenters. The monoisotopic (exact) mass is 389 g/mol. The third kappa shape index (κ3) is 3.47. The fourth-order valence-corrected chi connectivity index (χ4v) is 4.46. The minimum Gasteiger partial charge on any atom is -0.465 e. The van der Waals surface area contributed by atoms with Crippen molar-refractivity contribution in [3.8, 4) is 0 Å². The van der Waals surface area contributed by atoms with Gasteiger partial charge in [-0.25, -0.2) is 9.78 Å². The van der Waals surface area contributed by atoms with Crippen LogP contribution in [0.15, 0.2) is 29.4 Å². The first-order valence-corrected chi connectivity index (χ1v) is 9.75. The number of hydrogen-bond donors (Lipinski definition) is 1. The van der Waals surface area contributed by atoms with Crippen LogP contribution in [0.25, 0.3) is 11.0 Å². The summed E-state index contributed by atoms with van der Waals surface area (Å²) in [6.45, 7) is 3.76. The number of fused-ring (bicyclic) bond motifs is 1. The quantitative estimate of drug-likeness (QED) is 0.531. The summed E-state index contributed by atoms with van der Waals surface area (Å²) in [6.07, 6.45) is 0. The molecule has 0 bridgehead atoms. The van der Waals surface area contributed by atoms with Crippen molar-refractivity contribution in [1.29, 1.82) is 0 Å². The lowest BCUT2D eigenvalue weighted by atomic mass is 10.1. The fourth-order valence-electron chi connectivity index (χ4n) is 2.61. The average molecular weight is 390 g/mol. The number of aromatic nitrogens is 2. The normalized spacial score (nSPS) is 10.9. The Morgan fingerprint density at radius 1 is 1.31 bits per heavy atom. The zero-order chi connectivity index (χ0) is 18.8. The molecule has 2 heterocycles. The van der Waals surface area contributed by atoms with Gasteiger partial charge in [0.15, 0.2) is 5.16 Å². The highest BCUT2D eigenvalue weighted by molar-refractivity contribution is 7.99. The summed E-state index contributed by atoms with van der Waals surface area (Å²) in [4.78, 5) is 29.9. The minimum absolute atomic E-state index is 0.187. The molecule has 3 aromatic rings. The molecule has 2 aromatic heterocycles. The van der Waals surface area contributed by atoms with Gasteiger partial charge >= 0.3 is 5.97 Å². The molecule has 0 aliphatic heterocycles. The highest BCUT2D eigenvalue weighted by Crippen LogP contribution is 2.33. The van der Waals surface area contributed by atoms with Gasteiger partial charge in [0.2, 0.25) is 5.91 Å². The highest BCUT2D eigenvalue weighted by atomic mass is 32.2. The van der Waals surface area contributed by atoms with E-state index in [1.165, 1.54) is 30.2 Å². The Morgan fingerprint density at radius 3 is 2.73 bits per heavy atom. The highest BCUT2D eigenvalue weighted by Gasteiger charge is 2.21. The van der Waals surface area contributed by atoms with Crippen LogP contribution in [-0.4, -0.2) is 34.3 Å². The molecule has 1 aromatic carbocycles. The van der Waals surface area contributed by atoms with Gasteiger partial charge in [0.05, 0.1) is 29.5 Å². The van der Waals surface area contributed by atoms with Crippen molar-refractivity contribution in [3.05, 3.63) is 40.3 Å². The van der Waals surface area contributed by atoms with Crippen LogP contribution in [0.1, 0.15) is 20.8 Å². The molecule has 3 rings (SSSR count). The number of ether oxygens (including phenoxy) is 1. The van der Waals surface area contributed by atoms with Crippen LogP contribution < -0.4 is 5.32 Å². The van der Waals surface area contributed by atoms with Crippen molar-refractivity contribution in [1.82, 2.24) is 9.55 Å². The van der Waals surface area contributed by atoms with Crippen LogP contribution in [0.2, 0.25) is 0 Å². The standard InChI is InChI=1S/C18H19N3O3S2/c1-10-11(2)26-16(15(10)17(23)24-4)20-14(22)9-25-18-19-12-7-5-6-8-13(12)21(18)3/h5-8H,9H2,1-4H3,(H,20,22). The van der Waals surface area contributed by atoms with Crippen molar-refractivity contribution < 1.29 is 14.3 Å². The first-order chi connectivity index (χ1) is 12.4. The van der Waals surface area contributed by atoms with Crippen LogP contribution in [0.4, 0.5) is 5.00 Å². The molecule has 136 valence electrons. The maximum absolute atomic E-state index is 12.4. The maximum atomic E-state index is 12.4. The van der Waals surface area contributed by atoms with E-state index >= 15 is 0 Å². The van der Waals surface area contributed by atoms with E-state index in [4.69, 9.17) is 4.74 Å². The number of rotatable bonds is 5. The molecule has 0 unspecified atom stereocenters. The lowest BCUT2D eigenvalue weighted by Crippen LogP contribution is -2.16. The van der Waals surface area contributed by atoms with Crippen LogP contribution in [0, 0.1) is 13.8 Å². The van der Waals surface area contributed by atoms with Gasteiger partial charge in [-0.3, -0.25) is 4.79 Å². The number of esters is 1. The number of carbonyl (C=O) groups excluding carboxylic acids is 2. The Morgan fingerprint density at radius 2 is 2.04 bits per heavy atom. The molecule has 0 saturated heterocycles. The number of methoxy groups -OCH3 is 1. The summed E-state index contributed by atoms with van der Waals surface area (Å²) >= 11 is 2.74. The van der Waals surface area contributed by atoms with Gasteiger partial charge in [-0.1, -0.05) is 23.9 Å². The second kappa shape index (κ2) is 7.51. The first kappa shape index (κ1) is 18.5. The van der Waals surface area contributed by atoms with E-state index in [2.05, 4.69) is 10.3 Å². The van der Waals surface area contributed by atoms with Gasteiger partial charge in [-0.2, -0.15) is 0 Å². The molecular formula is C18H19N3O3S2. The number of hydrogen-bond acceptors (Lipinski definition) is 6. The number of amides is 1. The number of carbonyl (C=O) groups is 2. The fraction of sp³-hybridized carbons (Fsp3) is 0.278. The number of nitrogens with zero attached hydrogens (tertiary/aromatic N) is 2. The summed E-state index contributed by atoms with van der Waals surface area (Å²) in [5.74, 6) is -0.424. The Kier molecular flexibility index (Phi) is 5.33. The molecule has 6 nitrogen and oxygen atoms in total. The molecule has 0 spiro atoms. The van der Waals surface area contributed by atoms with Gasteiger partial charge in [0.1, 0.15) is 5.00 Å². The molecule has 0 fully saturated rings. The molecule has 0 radical (unpaired) electrons. The number of aryl methyl sites for hydroxylation is 2. The molecule has 8 heteroatoms. The van der Waals surface area contributed by atoms with E-state index in [9.17, 15) is 9.59 Å². The number of imidazole rings is 1. The number of nitrogens with one attached hydrogen (secondary N) is 1. The zero-order valence-electron chi connectivity index (χ0n) is 15.0. The number of thioether (sulfide) groups is 1. The molecule has 0 saturated carbocycles. The van der Waals surface area contributed by atoms with Crippen LogP contribution in [0.3, 0.4) is 0 Å². The van der Waals surface area contributed by atoms with E-state index in [1.807, 2.05) is 49.7 Å². The van der Waals surface area contributed by atoms with E-state index in [1.54, 1.807) is 0 Å². The van der Waals surface area contributed by atoms with E-state index in [-0.39, 0.29) is 11.7 Å². The Balaban J connectivity index is 1.72. The minimum atomic E-state index is -0.440. The van der Waals surface area contributed by atoms with Crippen LogP contribution in [-0.2, 0) is 16.6 Å². The third-order valence-electron chi connectivity index (χ3n) is 4.11. The molecule has 0 aliphatic rings. The number of anilines is 1.